The number of aromatic nitrogens is 4. The number of ether oxygens (including phenoxy) is 1. The number of guanidine groups is 1. The smallest absolute Gasteiger partial charge is 0.192 e. The molecule has 178 valence electrons. The Morgan fingerprint density at radius 2 is 1.97 bits per heavy atom. The summed E-state index contributed by atoms with van der Waals surface area (Å²) in [5, 5.41) is 19.4. The van der Waals surface area contributed by atoms with Crippen molar-refractivity contribution in [2.75, 3.05) is 39.4 Å². The van der Waals surface area contributed by atoms with E-state index in [1.54, 1.807) is 0 Å². The van der Waals surface area contributed by atoms with Crippen LogP contribution in [0.1, 0.15) is 62.1 Å². The van der Waals surface area contributed by atoms with Gasteiger partial charge in [0.05, 0.1) is 25.5 Å². The zero-order valence-corrected chi connectivity index (χ0v) is 19.9. The maximum absolute atomic E-state index is 5.55. The zero-order valence-electron chi connectivity index (χ0n) is 19.9. The highest BCUT2D eigenvalue weighted by molar-refractivity contribution is 5.79. The van der Waals surface area contributed by atoms with Gasteiger partial charge >= 0.3 is 0 Å². The Bertz CT molecular complexity index is 837. The average molecular weight is 447 g/mol. The number of aryl methyl sites for hydroxylation is 1. The molecule has 1 aliphatic heterocycles. The predicted octanol–water partition coefficient (Wildman–Crippen LogP) is 1.97. The molecule has 0 amide bonds. The topological polar surface area (TPSA) is 106 Å². The quantitative estimate of drug-likeness (QED) is 0.307. The van der Waals surface area contributed by atoms with Crippen molar-refractivity contribution >= 4 is 5.96 Å². The van der Waals surface area contributed by atoms with Crippen LogP contribution >= 0.6 is 0 Å². The van der Waals surface area contributed by atoms with E-state index in [1.165, 1.54) is 0 Å². The molecule has 0 bridgehead atoms. The maximum Gasteiger partial charge on any atom is 0.192 e. The lowest BCUT2D eigenvalue weighted by molar-refractivity contribution is 0.0376. The van der Waals surface area contributed by atoms with Crippen molar-refractivity contribution in [1.29, 1.82) is 0 Å². The first kappa shape index (κ1) is 24.2. The van der Waals surface area contributed by atoms with Gasteiger partial charge < -0.3 is 24.5 Å². The molecule has 0 aromatic carbocycles. The summed E-state index contributed by atoms with van der Waals surface area (Å²) in [6.45, 7) is 12.8. The molecular weight excluding hydrogens is 408 g/mol. The number of morpholine rings is 1. The summed E-state index contributed by atoms with van der Waals surface area (Å²) < 4.78 is 12.9. The zero-order chi connectivity index (χ0) is 22.8. The lowest BCUT2D eigenvalue weighted by Gasteiger charge is -2.26. The lowest BCUT2D eigenvalue weighted by Crippen LogP contribution is -2.40. The van der Waals surface area contributed by atoms with Gasteiger partial charge in [-0.1, -0.05) is 19.0 Å². The van der Waals surface area contributed by atoms with Gasteiger partial charge in [0.1, 0.15) is 12.4 Å². The second-order valence-electron chi connectivity index (χ2n) is 8.21. The fraction of sp³-hybridized carbons (Fsp3) is 0.727. The van der Waals surface area contributed by atoms with Crippen LogP contribution in [0.4, 0.5) is 0 Å². The first-order valence-corrected chi connectivity index (χ1v) is 11.7. The van der Waals surface area contributed by atoms with E-state index in [4.69, 9.17) is 14.3 Å². The van der Waals surface area contributed by atoms with Crippen LogP contribution in [0.2, 0.25) is 0 Å². The van der Waals surface area contributed by atoms with Crippen molar-refractivity contribution in [3.8, 4) is 0 Å². The molecule has 1 fully saturated rings. The van der Waals surface area contributed by atoms with Crippen molar-refractivity contribution in [3.05, 3.63) is 29.2 Å². The number of hydrogen-bond donors (Lipinski definition) is 2. The van der Waals surface area contributed by atoms with E-state index >= 15 is 0 Å². The highest BCUT2D eigenvalue weighted by Crippen LogP contribution is 2.22. The molecule has 0 unspecified atom stereocenters. The minimum atomic E-state index is 0.443. The molecule has 3 rings (SSSR count). The minimum absolute atomic E-state index is 0.443. The summed E-state index contributed by atoms with van der Waals surface area (Å²) in [7, 11) is 1.96. The largest absolute Gasteiger partial charge is 0.379 e. The van der Waals surface area contributed by atoms with Crippen molar-refractivity contribution in [3.63, 3.8) is 0 Å². The molecule has 0 aliphatic carbocycles. The Morgan fingerprint density at radius 1 is 1.19 bits per heavy atom. The van der Waals surface area contributed by atoms with Gasteiger partial charge in [-0.05, 0) is 32.7 Å². The fourth-order valence-corrected chi connectivity index (χ4v) is 3.73. The van der Waals surface area contributed by atoms with Gasteiger partial charge in [-0.15, -0.1) is 10.2 Å². The average Bonchev–Trinajstić information content (AvgIpc) is 3.41. The van der Waals surface area contributed by atoms with Gasteiger partial charge in [0, 0.05) is 38.7 Å². The summed E-state index contributed by atoms with van der Waals surface area (Å²) >= 11 is 0. The number of nitrogens with one attached hydrogen (secondary N) is 2. The second-order valence-corrected chi connectivity index (χ2v) is 8.21. The molecule has 2 N–H and O–H groups in total. The van der Waals surface area contributed by atoms with Crippen LogP contribution in [0.5, 0.6) is 0 Å². The Hall–Kier alpha value is -2.46. The monoisotopic (exact) mass is 446 g/mol. The van der Waals surface area contributed by atoms with E-state index in [2.05, 4.69) is 44.7 Å². The van der Waals surface area contributed by atoms with E-state index in [-0.39, 0.29) is 0 Å². The molecule has 10 heteroatoms. The summed E-state index contributed by atoms with van der Waals surface area (Å²) in [6.07, 6.45) is 3.15. The molecule has 3 heterocycles. The normalized spacial score (nSPS) is 15.5. The van der Waals surface area contributed by atoms with Crippen molar-refractivity contribution in [2.45, 2.75) is 59.0 Å². The number of rotatable bonds is 11. The summed E-state index contributed by atoms with van der Waals surface area (Å²) in [4.78, 5) is 7.15. The fourth-order valence-electron chi connectivity index (χ4n) is 3.73. The SMILES string of the molecule is CCC(CC)c1cc(CNC(=NCc2nnc(C)n2C)NCCCN2CCOCC2)on1. The van der Waals surface area contributed by atoms with Crippen molar-refractivity contribution < 1.29 is 9.26 Å². The highest BCUT2D eigenvalue weighted by Gasteiger charge is 2.14. The lowest BCUT2D eigenvalue weighted by atomic mass is 9.99. The third-order valence-corrected chi connectivity index (χ3v) is 6.02. The van der Waals surface area contributed by atoms with Gasteiger partial charge in [-0.25, -0.2) is 4.99 Å². The number of hydrogen-bond acceptors (Lipinski definition) is 7. The van der Waals surface area contributed by atoms with Crippen LogP contribution in [0.3, 0.4) is 0 Å². The Morgan fingerprint density at radius 3 is 2.66 bits per heavy atom. The molecule has 1 saturated heterocycles. The molecule has 0 spiro atoms. The molecule has 1 aliphatic rings. The molecular formula is C22H38N8O2. The first-order valence-electron chi connectivity index (χ1n) is 11.7. The predicted molar refractivity (Wildman–Crippen MR) is 123 cm³/mol. The second kappa shape index (κ2) is 12.5. The number of aliphatic imine (C=N–C) groups is 1. The van der Waals surface area contributed by atoms with Gasteiger partial charge in [0.15, 0.2) is 17.5 Å². The maximum atomic E-state index is 5.55. The number of nitrogens with zero attached hydrogens (tertiary/aromatic N) is 6. The van der Waals surface area contributed by atoms with E-state index in [9.17, 15) is 0 Å². The molecule has 0 saturated carbocycles. The van der Waals surface area contributed by atoms with Crippen LogP contribution in [-0.4, -0.2) is 70.2 Å². The molecule has 10 nitrogen and oxygen atoms in total. The standard InChI is InChI=1S/C22H38N8O2/c1-5-18(6-2)20-14-19(32-28-20)15-24-22(25-16-21-27-26-17(3)29(21)4)23-8-7-9-30-10-12-31-13-11-30/h14,18H,5-13,15-16H2,1-4H3,(H2,23,24,25). The molecule has 0 atom stereocenters. The van der Waals surface area contributed by atoms with E-state index in [1.807, 2.05) is 24.6 Å². The van der Waals surface area contributed by atoms with Crippen LogP contribution in [0.25, 0.3) is 0 Å². The highest BCUT2D eigenvalue weighted by atomic mass is 16.5. The van der Waals surface area contributed by atoms with Gasteiger partial charge in [-0.2, -0.15) is 0 Å². The van der Waals surface area contributed by atoms with Crippen molar-refractivity contribution in [2.24, 2.45) is 12.0 Å². The van der Waals surface area contributed by atoms with E-state index < -0.39 is 0 Å². The summed E-state index contributed by atoms with van der Waals surface area (Å²) in [5.74, 6) is 3.68. The van der Waals surface area contributed by atoms with E-state index in [0.717, 1.165) is 87.7 Å². The third kappa shape index (κ3) is 7.03. The van der Waals surface area contributed by atoms with Gasteiger partial charge in [0.25, 0.3) is 0 Å². The van der Waals surface area contributed by atoms with Crippen LogP contribution in [0.15, 0.2) is 15.6 Å². The van der Waals surface area contributed by atoms with Crippen LogP contribution < -0.4 is 10.6 Å². The third-order valence-electron chi connectivity index (χ3n) is 6.02. The molecule has 2 aromatic rings. The van der Waals surface area contributed by atoms with Crippen molar-refractivity contribution in [1.82, 2.24) is 35.5 Å². The van der Waals surface area contributed by atoms with Gasteiger partial charge in [-0.3, -0.25) is 4.90 Å². The summed E-state index contributed by atoms with van der Waals surface area (Å²) in [5.41, 5.74) is 1.03. The summed E-state index contributed by atoms with van der Waals surface area (Å²) in [6, 6.07) is 2.05. The molecule has 32 heavy (non-hydrogen) atoms. The van der Waals surface area contributed by atoms with Crippen LogP contribution in [-0.2, 0) is 24.9 Å². The van der Waals surface area contributed by atoms with Crippen LogP contribution in [0, 0.1) is 6.92 Å². The minimum Gasteiger partial charge on any atom is -0.379 e. The first-order chi connectivity index (χ1) is 15.6. The molecule has 0 radical (unpaired) electrons. The van der Waals surface area contributed by atoms with E-state index in [0.29, 0.717) is 19.0 Å². The Labute approximate surface area is 190 Å². The molecule has 2 aromatic heterocycles. The Balaban J connectivity index is 1.55. The van der Waals surface area contributed by atoms with Gasteiger partial charge in [0.2, 0.25) is 0 Å². The Kier molecular flexibility index (Phi) is 9.48.